The first-order valence-corrected chi connectivity index (χ1v) is 5.79. The topological polar surface area (TPSA) is 35.2 Å². The van der Waals surface area contributed by atoms with Crippen LogP contribution in [0.4, 0.5) is 5.69 Å². The van der Waals surface area contributed by atoms with Crippen molar-refractivity contribution >= 4 is 5.69 Å². The smallest absolute Gasteiger partial charge is 0.142 e. The van der Waals surface area contributed by atoms with Crippen LogP contribution in [0, 0.1) is 0 Å². The van der Waals surface area contributed by atoms with Crippen LogP contribution >= 0.6 is 0 Å². The molecule has 1 aromatic carbocycles. The van der Waals surface area contributed by atoms with Gasteiger partial charge < -0.3 is 10.5 Å². The molecule has 15 heavy (non-hydrogen) atoms. The Balaban J connectivity index is 2.47. The SMILES string of the molecule is CCCCCOc1ccc(CC)cc1N. The molecule has 0 bridgehead atoms. The first kappa shape index (κ1) is 11.9. The molecule has 0 radical (unpaired) electrons. The molecule has 0 aliphatic rings. The Morgan fingerprint density at radius 1 is 1.20 bits per heavy atom. The maximum Gasteiger partial charge on any atom is 0.142 e. The van der Waals surface area contributed by atoms with Crippen molar-refractivity contribution in [1.29, 1.82) is 0 Å². The fourth-order valence-electron chi connectivity index (χ4n) is 1.48. The molecule has 1 aromatic rings. The summed E-state index contributed by atoms with van der Waals surface area (Å²) in [7, 11) is 0. The molecule has 2 N–H and O–H groups in total. The largest absolute Gasteiger partial charge is 0.491 e. The number of hydrogen-bond acceptors (Lipinski definition) is 2. The Hall–Kier alpha value is -1.18. The summed E-state index contributed by atoms with van der Waals surface area (Å²) < 4.78 is 5.61. The molecule has 2 nitrogen and oxygen atoms in total. The lowest BCUT2D eigenvalue weighted by Crippen LogP contribution is -2.00. The number of ether oxygens (including phenoxy) is 1. The lowest BCUT2D eigenvalue weighted by molar-refractivity contribution is 0.308. The number of aryl methyl sites for hydroxylation is 1. The van der Waals surface area contributed by atoms with Gasteiger partial charge in [0.2, 0.25) is 0 Å². The van der Waals surface area contributed by atoms with Gasteiger partial charge in [0.15, 0.2) is 0 Å². The third-order valence-corrected chi connectivity index (χ3v) is 2.49. The number of anilines is 1. The Kier molecular flexibility index (Phi) is 5.02. The molecule has 0 saturated carbocycles. The Labute approximate surface area is 92.4 Å². The zero-order valence-electron chi connectivity index (χ0n) is 9.75. The van der Waals surface area contributed by atoms with Crippen LogP contribution in [0.3, 0.4) is 0 Å². The third-order valence-electron chi connectivity index (χ3n) is 2.49. The summed E-state index contributed by atoms with van der Waals surface area (Å²) in [5.74, 6) is 0.823. The summed E-state index contributed by atoms with van der Waals surface area (Å²) in [6.07, 6.45) is 4.55. The van der Waals surface area contributed by atoms with Gasteiger partial charge >= 0.3 is 0 Å². The van der Waals surface area contributed by atoms with Gasteiger partial charge in [-0.3, -0.25) is 0 Å². The highest BCUT2D eigenvalue weighted by Crippen LogP contribution is 2.22. The molecule has 0 spiro atoms. The molecule has 0 aliphatic carbocycles. The highest BCUT2D eigenvalue weighted by atomic mass is 16.5. The minimum Gasteiger partial charge on any atom is -0.491 e. The predicted octanol–water partition coefficient (Wildman–Crippen LogP) is 3.40. The minimum atomic E-state index is 0.755. The molecule has 0 atom stereocenters. The zero-order valence-corrected chi connectivity index (χ0v) is 9.75. The predicted molar refractivity (Wildman–Crippen MR) is 65.3 cm³/mol. The first-order valence-electron chi connectivity index (χ1n) is 5.79. The first-order chi connectivity index (χ1) is 7.27. The third kappa shape index (κ3) is 3.82. The highest BCUT2D eigenvalue weighted by molar-refractivity contribution is 5.54. The van der Waals surface area contributed by atoms with E-state index in [4.69, 9.17) is 10.5 Å². The van der Waals surface area contributed by atoms with E-state index < -0.39 is 0 Å². The van der Waals surface area contributed by atoms with Crippen molar-refractivity contribution < 1.29 is 4.74 Å². The van der Waals surface area contributed by atoms with Crippen molar-refractivity contribution in [2.75, 3.05) is 12.3 Å². The highest BCUT2D eigenvalue weighted by Gasteiger charge is 2.00. The number of nitrogens with two attached hydrogens (primary N) is 1. The molecule has 2 heteroatoms. The summed E-state index contributed by atoms with van der Waals surface area (Å²) >= 11 is 0. The molecule has 0 saturated heterocycles. The number of rotatable bonds is 6. The van der Waals surface area contributed by atoms with Crippen molar-refractivity contribution in [2.24, 2.45) is 0 Å². The van der Waals surface area contributed by atoms with Gasteiger partial charge in [0, 0.05) is 0 Å². The van der Waals surface area contributed by atoms with E-state index in [1.54, 1.807) is 0 Å². The summed E-state index contributed by atoms with van der Waals surface area (Å²) in [6, 6.07) is 6.04. The monoisotopic (exact) mass is 207 g/mol. The zero-order chi connectivity index (χ0) is 11.1. The van der Waals surface area contributed by atoms with Crippen LogP contribution in [-0.4, -0.2) is 6.61 Å². The van der Waals surface area contributed by atoms with Gasteiger partial charge in [0.1, 0.15) is 5.75 Å². The fourth-order valence-corrected chi connectivity index (χ4v) is 1.48. The molecule has 84 valence electrons. The van der Waals surface area contributed by atoms with E-state index in [9.17, 15) is 0 Å². The lowest BCUT2D eigenvalue weighted by Gasteiger charge is -2.09. The van der Waals surface area contributed by atoms with Crippen LogP contribution in [0.25, 0.3) is 0 Å². The van der Waals surface area contributed by atoms with E-state index >= 15 is 0 Å². The molecule has 0 heterocycles. The Morgan fingerprint density at radius 2 is 2.00 bits per heavy atom. The van der Waals surface area contributed by atoms with Crippen molar-refractivity contribution in [3.8, 4) is 5.75 Å². The van der Waals surface area contributed by atoms with Crippen LogP contribution < -0.4 is 10.5 Å². The van der Waals surface area contributed by atoms with Crippen molar-refractivity contribution in [3.63, 3.8) is 0 Å². The maximum atomic E-state index is 5.89. The molecular formula is C13H21NO. The van der Waals surface area contributed by atoms with E-state index in [0.29, 0.717) is 0 Å². The van der Waals surface area contributed by atoms with E-state index in [1.165, 1.54) is 18.4 Å². The molecule has 1 rings (SSSR count). The number of hydrogen-bond donors (Lipinski definition) is 1. The summed E-state index contributed by atoms with van der Waals surface area (Å²) in [4.78, 5) is 0. The van der Waals surface area contributed by atoms with Gasteiger partial charge in [-0.15, -0.1) is 0 Å². The second-order valence-electron chi connectivity index (χ2n) is 3.78. The lowest BCUT2D eigenvalue weighted by atomic mass is 10.1. The van der Waals surface area contributed by atoms with Crippen LogP contribution in [0.1, 0.15) is 38.7 Å². The maximum absolute atomic E-state index is 5.89. The standard InChI is InChI=1S/C13H21NO/c1-3-5-6-9-15-13-8-7-11(4-2)10-12(13)14/h7-8,10H,3-6,9,14H2,1-2H3. The number of unbranched alkanes of at least 4 members (excludes halogenated alkanes) is 2. The van der Waals surface area contributed by atoms with Crippen molar-refractivity contribution in [2.45, 2.75) is 39.5 Å². The van der Waals surface area contributed by atoms with E-state index in [1.807, 2.05) is 12.1 Å². The van der Waals surface area contributed by atoms with Crippen LogP contribution in [0.15, 0.2) is 18.2 Å². The van der Waals surface area contributed by atoms with Crippen LogP contribution in [0.5, 0.6) is 5.75 Å². The molecule has 0 unspecified atom stereocenters. The van der Waals surface area contributed by atoms with E-state index in [2.05, 4.69) is 19.9 Å². The van der Waals surface area contributed by atoms with Gasteiger partial charge in [-0.25, -0.2) is 0 Å². The van der Waals surface area contributed by atoms with E-state index in [-0.39, 0.29) is 0 Å². The van der Waals surface area contributed by atoms with E-state index in [0.717, 1.165) is 30.9 Å². The number of benzene rings is 1. The molecule has 0 aliphatic heterocycles. The summed E-state index contributed by atoms with van der Waals surface area (Å²) in [5, 5.41) is 0. The quantitative estimate of drug-likeness (QED) is 0.573. The molecule has 0 aromatic heterocycles. The second kappa shape index (κ2) is 6.33. The second-order valence-corrected chi connectivity index (χ2v) is 3.78. The van der Waals surface area contributed by atoms with Crippen molar-refractivity contribution in [3.05, 3.63) is 23.8 Å². The Morgan fingerprint density at radius 3 is 2.60 bits per heavy atom. The molecular weight excluding hydrogens is 186 g/mol. The minimum absolute atomic E-state index is 0.755. The van der Waals surface area contributed by atoms with Crippen molar-refractivity contribution in [1.82, 2.24) is 0 Å². The fraction of sp³-hybridized carbons (Fsp3) is 0.538. The summed E-state index contributed by atoms with van der Waals surface area (Å²) in [6.45, 7) is 5.07. The van der Waals surface area contributed by atoms with Crippen LogP contribution in [0.2, 0.25) is 0 Å². The average Bonchev–Trinajstić information content (AvgIpc) is 2.26. The van der Waals surface area contributed by atoms with Gasteiger partial charge in [-0.05, 0) is 30.5 Å². The summed E-state index contributed by atoms with van der Waals surface area (Å²) in [5.41, 5.74) is 7.90. The van der Waals surface area contributed by atoms with Gasteiger partial charge in [0.25, 0.3) is 0 Å². The molecule has 0 amide bonds. The number of nitrogen functional groups attached to an aromatic ring is 1. The van der Waals surface area contributed by atoms with Gasteiger partial charge in [-0.1, -0.05) is 32.8 Å². The van der Waals surface area contributed by atoms with Gasteiger partial charge in [0.05, 0.1) is 12.3 Å². The normalized spacial score (nSPS) is 10.3. The molecule has 0 fully saturated rings. The average molecular weight is 207 g/mol. The Bertz CT molecular complexity index is 297. The van der Waals surface area contributed by atoms with Crippen LogP contribution in [-0.2, 0) is 6.42 Å². The van der Waals surface area contributed by atoms with Gasteiger partial charge in [-0.2, -0.15) is 0 Å².